The summed E-state index contributed by atoms with van der Waals surface area (Å²) in [6.07, 6.45) is 14.7. The molecule has 2 unspecified atom stereocenters. The van der Waals surface area contributed by atoms with Gasteiger partial charge in [-0.3, -0.25) is 0 Å². The van der Waals surface area contributed by atoms with Gasteiger partial charge >= 0.3 is 0 Å². The zero-order valence-corrected chi connectivity index (χ0v) is 9.29. The SMILES string of the molecule is CC=C(C)C=CC=C1CC2CCC1C2. The first-order valence-electron chi connectivity index (χ1n) is 5.79. The van der Waals surface area contributed by atoms with Crippen LogP contribution in [-0.4, -0.2) is 0 Å². The lowest BCUT2D eigenvalue weighted by Gasteiger charge is -2.11. The minimum atomic E-state index is 0.940. The maximum atomic E-state index is 2.36. The maximum absolute atomic E-state index is 2.36. The lowest BCUT2D eigenvalue weighted by atomic mass is 9.94. The van der Waals surface area contributed by atoms with Gasteiger partial charge in [0.1, 0.15) is 0 Å². The van der Waals surface area contributed by atoms with Gasteiger partial charge in [-0.25, -0.2) is 0 Å². The maximum Gasteiger partial charge on any atom is -0.0197 e. The van der Waals surface area contributed by atoms with Crippen LogP contribution in [0, 0.1) is 11.8 Å². The van der Waals surface area contributed by atoms with E-state index in [1.54, 1.807) is 5.57 Å². The fourth-order valence-electron chi connectivity index (χ4n) is 2.72. The molecule has 0 N–H and O–H groups in total. The standard InChI is InChI=1S/C14H20/c1-3-11(2)5-4-6-13-9-12-7-8-14(13)10-12/h3-6,12,14H,7-10H2,1-2H3. The highest BCUT2D eigenvalue weighted by Crippen LogP contribution is 2.47. The van der Waals surface area contributed by atoms with Gasteiger partial charge in [0.15, 0.2) is 0 Å². The second-order valence-corrected chi connectivity index (χ2v) is 4.71. The topological polar surface area (TPSA) is 0 Å². The highest BCUT2D eigenvalue weighted by atomic mass is 14.4. The Bertz CT molecular complexity index is 291. The van der Waals surface area contributed by atoms with E-state index in [2.05, 4.69) is 38.2 Å². The molecule has 0 heterocycles. The Labute approximate surface area is 87.4 Å². The van der Waals surface area contributed by atoms with Crippen LogP contribution >= 0.6 is 0 Å². The van der Waals surface area contributed by atoms with Crippen LogP contribution in [0.25, 0.3) is 0 Å². The van der Waals surface area contributed by atoms with Crippen LogP contribution in [0.15, 0.2) is 35.5 Å². The van der Waals surface area contributed by atoms with Gasteiger partial charge in [-0.15, -0.1) is 0 Å². The Balaban J connectivity index is 1.96. The molecule has 0 heteroatoms. The molecule has 0 radical (unpaired) electrons. The van der Waals surface area contributed by atoms with Crippen LogP contribution in [0.4, 0.5) is 0 Å². The van der Waals surface area contributed by atoms with Crippen molar-refractivity contribution in [3.8, 4) is 0 Å². The van der Waals surface area contributed by atoms with Gasteiger partial charge in [-0.2, -0.15) is 0 Å². The number of hydrogen-bond acceptors (Lipinski definition) is 0. The molecule has 2 atom stereocenters. The fourth-order valence-corrected chi connectivity index (χ4v) is 2.72. The average Bonchev–Trinajstić information content (AvgIpc) is 2.79. The molecular formula is C14H20. The molecule has 2 saturated carbocycles. The predicted molar refractivity (Wildman–Crippen MR) is 62.1 cm³/mol. The number of hydrogen-bond donors (Lipinski definition) is 0. The molecular weight excluding hydrogens is 168 g/mol. The Hall–Kier alpha value is -0.780. The predicted octanol–water partition coefficient (Wildman–Crippen LogP) is 4.26. The number of fused-ring (bicyclic) bond motifs is 2. The van der Waals surface area contributed by atoms with Crippen molar-refractivity contribution < 1.29 is 0 Å². The van der Waals surface area contributed by atoms with E-state index in [1.165, 1.54) is 31.3 Å². The summed E-state index contributed by atoms with van der Waals surface area (Å²) in [6.45, 7) is 4.24. The zero-order chi connectivity index (χ0) is 9.97. The van der Waals surface area contributed by atoms with E-state index in [0.29, 0.717) is 0 Å². The molecule has 2 aliphatic rings. The normalized spacial score (nSPS) is 35.0. The van der Waals surface area contributed by atoms with Crippen molar-refractivity contribution in [3.05, 3.63) is 35.5 Å². The van der Waals surface area contributed by atoms with Gasteiger partial charge in [-0.05, 0) is 51.4 Å². The van der Waals surface area contributed by atoms with E-state index in [4.69, 9.17) is 0 Å². The minimum absolute atomic E-state index is 0.940. The molecule has 0 aromatic carbocycles. The molecule has 0 aromatic heterocycles. The highest BCUT2D eigenvalue weighted by molar-refractivity contribution is 5.26. The Kier molecular flexibility index (Phi) is 2.90. The summed E-state index contributed by atoms with van der Waals surface area (Å²) >= 11 is 0. The van der Waals surface area contributed by atoms with E-state index in [9.17, 15) is 0 Å². The van der Waals surface area contributed by atoms with Gasteiger partial charge in [-0.1, -0.05) is 35.5 Å². The van der Waals surface area contributed by atoms with Crippen molar-refractivity contribution in [1.29, 1.82) is 0 Å². The van der Waals surface area contributed by atoms with Crippen LogP contribution in [0.1, 0.15) is 39.5 Å². The smallest absolute Gasteiger partial charge is 0.0197 e. The Morgan fingerprint density at radius 1 is 1.36 bits per heavy atom. The molecule has 0 aromatic rings. The molecule has 14 heavy (non-hydrogen) atoms. The van der Waals surface area contributed by atoms with Crippen molar-refractivity contribution in [2.75, 3.05) is 0 Å². The Morgan fingerprint density at radius 2 is 2.21 bits per heavy atom. The van der Waals surface area contributed by atoms with Gasteiger partial charge in [0.25, 0.3) is 0 Å². The van der Waals surface area contributed by atoms with Gasteiger partial charge in [0.2, 0.25) is 0 Å². The molecule has 0 spiro atoms. The monoisotopic (exact) mass is 188 g/mol. The second kappa shape index (κ2) is 4.16. The van der Waals surface area contributed by atoms with Crippen molar-refractivity contribution in [2.24, 2.45) is 11.8 Å². The van der Waals surface area contributed by atoms with E-state index >= 15 is 0 Å². The van der Waals surface area contributed by atoms with Crippen molar-refractivity contribution in [1.82, 2.24) is 0 Å². The quantitative estimate of drug-likeness (QED) is 0.568. The molecule has 2 bridgehead atoms. The molecule has 0 saturated heterocycles. The summed E-state index contributed by atoms with van der Waals surface area (Å²) in [6, 6.07) is 0. The van der Waals surface area contributed by atoms with E-state index in [-0.39, 0.29) is 0 Å². The zero-order valence-electron chi connectivity index (χ0n) is 9.29. The van der Waals surface area contributed by atoms with Crippen LogP contribution in [0.2, 0.25) is 0 Å². The number of rotatable bonds is 2. The van der Waals surface area contributed by atoms with Crippen LogP contribution in [-0.2, 0) is 0 Å². The molecule has 0 amide bonds. The van der Waals surface area contributed by atoms with E-state index in [0.717, 1.165) is 11.8 Å². The fraction of sp³-hybridized carbons (Fsp3) is 0.571. The summed E-state index contributed by atoms with van der Waals surface area (Å²) in [7, 11) is 0. The third-order valence-corrected chi connectivity index (χ3v) is 3.71. The largest absolute Gasteiger partial charge is 0.0847 e. The van der Waals surface area contributed by atoms with Gasteiger partial charge < -0.3 is 0 Å². The first kappa shape index (κ1) is 9.76. The molecule has 2 rings (SSSR count). The lowest BCUT2D eigenvalue weighted by molar-refractivity contribution is 0.561. The first-order chi connectivity index (χ1) is 6.79. The molecule has 0 aliphatic heterocycles. The summed E-state index contributed by atoms with van der Waals surface area (Å²) in [5, 5.41) is 0. The van der Waals surface area contributed by atoms with Gasteiger partial charge in [0.05, 0.1) is 0 Å². The average molecular weight is 188 g/mol. The first-order valence-corrected chi connectivity index (χ1v) is 5.79. The van der Waals surface area contributed by atoms with Crippen LogP contribution in [0.3, 0.4) is 0 Å². The molecule has 0 nitrogen and oxygen atoms in total. The number of allylic oxidation sites excluding steroid dienone is 6. The summed E-state index contributed by atoms with van der Waals surface area (Å²) in [5.41, 5.74) is 3.06. The highest BCUT2D eigenvalue weighted by Gasteiger charge is 2.34. The van der Waals surface area contributed by atoms with Crippen molar-refractivity contribution >= 4 is 0 Å². The van der Waals surface area contributed by atoms with Crippen molar-refractivity contribution in [3.63, 3.8) is 0 Å². The second-order valence-electron chi connectivity index (χ2n) is 4.71. The third-order valence-electron chi connectivity index (χ3n) is 3.71. The van der Waals surface area contributed by atoms with Crippen LogP contribution < -0.4 is 0 Å². The van der Waals surface area contributed by atoms with E-state index in [1.807, 2.05) is 0 Å². The van der Waals surface area contributed by atoms with Crippen molar-refractivity contribution in [2.45, 2.75) is 39.5 Å². The lowest BCUT2D eigenvalue weighted by Crippen LogP contribution is -1.96. The summed E-state index contributed by atoms with van der Waals surface area (Å²) in [5.74, 6) is 1.97. The Morgan fingerprint density at radius 3 is 2.79 bits per heavy atom. The summed E-state index contributed by atoms with van der Waals surface area (Å²) in [4.78, 5) is 0. The van der Waals surface area contributed by atoms with Crippen LogP contribution in [0.5, 0.6) is 0 Å². The molecule has 2 fully saturated rings. The third kappa shape index (κ3) is 2.00. The van der Waals surface area contributed by atoms with E-state index < -0.39 is 0 Å². The summed E-state index contributed by atoms with van der Waals surface area (Å²) < 4.78 is 0. The minimum Gasteiger partial charge on any atom is -0.0847 e. The molecule has 2 aliphatic carbocycles. The van der Waals surface area contributed by atoms with Gasteiger partial charge in [0, 0.05) is 0 Å². The molecule has 76 valence electrons.